The molecule has 3 aliphatic carbocycles. The van der Waals surface area contributed by atoms with Gasteiger partial charge in [-0.2, -0.15) is 0 Å². The molecule has 1 unspecified atom stereocenters. The Morgan fingerprint density at radius 1 is 0.782 bits per heavy atom. The maximum Gasteiger partial charge on any atom is 0.338 e. The van der Waals surface area contributed by atoms with Crippen LogP contribution in [0.2, 0.25) is 0 Å². The molecule has 16 nitrogen and oxygen atoms in total. The van der Waals surface area contributed by atoms with Crippen LogP contribution in [0.3, 0.4) is 0 Å². The third-order valence-corrected chi connectivity index (χ3v) is 11.3. The summed E-state index contributed by atoms with van der Waals surface area (Å²) in [5, 5.41) is 13.5. The number of fused-ring (bicyclic) bond motifs is 1. The largest absolute Gasteiger partial charge is 0.461 e. The molecular formula is C39H46O16. The lowest BCUT2D eigenvalue weighted by molar-refractivity contribution is -0.298. The summed E-state index contributed by atoms with van der Waals surface area (Å²) in [5.74, 6) is -9.07. The van der Waals surface area contributed by atoms with Gasteiger partial charge in [0.15, 0.2) is 17.8 Å². The van der Waals surface area contributed by atoms with E-state index in [0.29, 0.717) is 0 Å². The Morgan fingerprint density at radius 2 is 1.35 bits per heavy atom. The first-order valence-corrected chi connectivity index (χ1v) is 17.7. The molecular weight excluding hydrogens is 724 g/mol. The van der Waals surface area contributed by atoms with E-state index in [1.807, 2.05) is 0 Å². The van der Waals surface area contributed by atoms with E-state index in [4.69, 9.17) is 37.9 Å². The van der Waals surface area contributed by atoms with Crippen LogP contribution in [-0.4, -0.2) is 102 Å². The van der Waals surface area contributed by atoms with E-state index in [-0.39, 0.29) is 29.9 Å². The first kappa shape index (κ1) is 41.1. The minimum atomic E-state index is -2.52. The van der Waals surface area contributed by atoms with Gasteiger partial charge in [-0.3, -0.25) is 28.8 Å². The number of hydrogen-bond donors (Lipinski definition) is 1. The van der Waals surface area contributed by atoms with Crippen molar-refractivity contribution in [1.82, 2.24) is 0 Å². The van der Waals surface area contributed by atoms with E-state index < -0.39 is 113 Å². The van der Waals surface area contributed by atoms with Gasteiger partial charge in [-0.05, 0) is 30.7 Å². The van der Waals surface area contributed by atoms with E-state index in [2.05, 4.69) is 6.58 Å². The average Bonchev–Trinajstić information content (AvgIpc) is 3.21. The van der Waals surface area contributed by atoms with Gasteiger partial charge in [0.25, 0.3) is 0 Å². The maximum absolute atomic E-state index is 13.8. The van der Waals surface area contributed by atoms with Crippen LogP contribution in [-0.2, 0) is 66.7 Å². The van der Waals surface area contributed by atoms with Gasteiger partial charge < -0.3 is 43.0 Å². The van der Waals surface area contributed by atoms with Crippen molar-refractivity contribution in [2.45, 2.75) is 104 Å². The molecule has 1 N–H and O–H groups in total. The molecule has 11 atom stereocenters. The van der Waals surface area contributed by atoms with Crippen molar-refractivity contribution >= 4 is 41.8 Å². The molecule has 1 aliphatic heterocycles. The number of carbonyl (C=O) groups is 7. The fourth-order valence-electron chi connectivity index (χ4n) is 9.22. The fraction of sp³-hybridized carbons (Fsp3) is 0.564. The second kappa shape index (κ2) is 14.9. The van der Waals surface area contributed by atoms with Gasteiger partial charge in [0, 0.05) is 65.2 Å². The second-order valence-electron chi connectivity index (χ2n) is 14.8. The molecule has 16 heteroatoms. The molecule has 1 saturated heterocycles. The normalized spacial score (nSPS) is 36.0. The molecule has 0 radical (unpaired) electrons. The number of rotatable bonds is 9. The quantitative estimate of drug-likeness (QED) is 0.217. The highest BCUT2D eigenvalue weighted by Gasteiger charge is 2.82. The summed E-state index contributed by atoms with van der Waals surface area (Å²) in [7, 11) is 0. The minimum absolute atomic E-state index is 0.0445. The predicted molar refractivity (Wildman–Crippen MR) is 185 cm³/mol. The second-order valence-corrected chi connectivity index (χ2v) is 14.8. The Bertz CT molecular complexity index is 1820. The Kier molecular flexibility index (Phi) is 11.1. The van der Waals surface area contributed by atoms with Gasteiger partial charge in [0.05, 0.1) is 17.6 Å². The fourth-order valence-corrected chi connectivity index (χ4v) is 9.22. The van der Waals surface area contributed by atoms with E-state index in [0.717, 1.165) is 41.5 Å². The lowest BCUT2D eigenvalue weighted by Crippen LogP contribution is -2.79. The average molecular weight is 771 g/mol. The van der Waals surface area contributed by atoms with Crippen LogP contribution in [0.15, 0.2) is 54.3 Å². The highest BCUT2D eigenvalue weighted by Crippen LogP contribution is 2.68. The molecule has 0 amide bonds. The molecule has 4 bridgehead atoms. The summed E-state index contributed by atoms with van der Waals surface area (Å²) in [6.45, 7) is 12.7. The Balaban J connectivity index is 1.97. The molecule has 1 aromatic carbocycles. The third-order valence-electron chi connectivity index (χ3n) is 11.3. The van der Waals surface area contributed by atoms with Crippen molar-refractivity contribution < 1.29 is 76.6 Å². The number of esters is 7. The Hall–Kier alpha value is -5.09. The lowest BCUT2D eigenvalue weighted by Gasteiger charge is -2.64. The number of ether oxygens (including phenoxy) is 8. The van der Waals surface area contributed by atoms with Crippen molar-refractivity contribution in [3.05, 3.63) is 59.9 Å². The molecule has 4 aliphatic rings. The van der Waals surface area contributed by atoms with Crippen LogP contribution in [0.25, 0.3) is 0 Å². The molecule has 0 spiro atoms. The number of benzene rings is 1. The SMILES string of the molecule is C=C1[C@@H](OC(C)=O)CC(OC(C)=O)[C@@]2(COC(=O)c3ccccc3)[C@@H](OC(C)=O)[C@H](OC(C)=O)[C@@]3(O)[C@@]4(C)OC[C@@]3(C)[C@@H](C=C4OC(C)=O)[C@@H](OC(C)=O)[C@H]12. The van der Waals surface area contributed by atoms with Crippen LogP contribution in [0.5, 0.6) is 0 Å². The predicted octanol–water partition coefficient (Wildman–Crippen LogP) is 2.68. The summed E-state index contributed by atoms with van der Waals surface area (Å²) in [4.78, 5) is 91.8. The van der Waals surface area contributed by atoms with Crippen molar-refractivity contribution in [3.8, 4) is 0 Å². The Morgan fingerprint density at radius 3 is 1.89 bits per heavy atom. The molecule has 5 rings (SSSR count). The highest BCUT2D eigenvalue weighted by molar-refractivity contribution is 5.89. The number of hydrogen-bond acceptors (Lipinski definition) is 16. The van der Waals surface area contributed by atoms with Crippen LogP contribution in [0, 0.1) is 22.7 Å². The van der Waals surface area contributed by atoms with E-state index in [9.17, 15) is 38.7 Å². The maximum atomic E-state index is 13.8. The van der Waals surface area contributed by atoms with Crippen LogP contribution >= 0.6 is 0 Å². The van der Waals surface area contributed by atoms with Crippen LogP contribution in [0.4, 0.5) is 0 Å². The van der Waals surface area contributed by atoms with Crippen molar-refractivity contribution in [2.75, 3.05) is 13.2 Å². The van der Waals surface area contributed by atoms with Crippen molar-refractivity contribution in [3.63, 3.8) is 0 Å². The summed E-state index contributed by atoms with van der Waals surface area (Å²) in [6, 6.07) is 7.83. The third kappa shape index (κ3) is 6.79. The summed E-state index contributed by atoms with van der Waals surface area (Å²) in [5.41, 5.74) is -8.19. The molecule has 0 aromatic heterocycles. The monoisotopic (exact) mass is 770 g/mol. The summed E-state index contributed by atoms with van der Waals surface area (Å²) < 4.78 is 48.1. The van der Waals surface area contributed by atoms with Crippen molar-refractivity contribution in [2.24, 2.45) is 22.7 Å². The molecule has 1 heterocycles. The van der Waals surface area contributed by atoms with E-state index in [1.54, 1.807) is 25.1 Å². The zero-order valence-electron chi connectivity index (χ0n) is 31.9. The van der Waals surface area contributed by atoms with Crippen LogP contribution in [0.1, 0.15) is 72.2 Å². The van der Waals surface area contributed by atoms with Gasteiger partial charge >= 0.3 is 41.8 Å². The summed E-state index contributed by atoms with van der Waals surface area (Å²) in [6.07, 6.45) is -7.20. The molecule has 55 heavy (non-hydrogen) atoms. The van der Waals surface area contributed by atoms with Gasteiger partial charge in [0.1, 0.15) is 36.3 Å². The number of aliphatic hydroxyl groups is 1. The zero-order valence-corrected chi connectivity index (χ0v) is 31.9. The van der Waals surface area contributed by atoms with Gasteiger partial charge in [-0.15, -0.1) is 0 Å². The lowest BCUT2D eigenvalue weighted by atomic mass is 9.45. The molecule has 298 valence electrons. The van der Waals surface area contributed by atoms with Gasteiger partial charge in [-0.25, -0.2) is 4.79 Å². The zero-order chi connectivity index (χ0) is 40.8. The smallest absolute Gasteiger partial charge is 0.338 e. The molecule has 1 aromatic rings. The highest BCUT2D eigenvalue weighted by atomic mass is 16.6. The van der Waals surface area contributed by atoms with E-state index >= 15 is 0 Å². The standard InChI is InChI=1S/C39H46O16/c1-19-28(50-20(2)40)16-30(52-22(4)42)38(18-48-35(46)26-13-11-10-12-14-26)31(19)32(53-23(5)43)27-15-29(51-21(3)41)37(9)39(47,36(27,8)17-49-37)34(55-25(7)45)33(38)54-24(6)44/h10-15,27-28,30-34,47H,1,16-18H2,2-9H3/t27-,28-,30?,31-,32+,33-,34-,36-,37-,38+,39-/m0/s1. The van der Waals surface area contributed by atoms with E-state index in [1.165, 1.54) is 25.1 Å². The first-order valence-electron chi connectivity index (χ1n) is 17.7. The Labute approximate surface area is 317 Å². The van der Waals surface area contributed by atoms with Gasteiger partial charge in [0.2, 0.25) is 0 Å². The summed E-state index contributed by atoms with van der Waals surface area (Å²) >= 11 is 0. The van der Waals surface area contributed by atoms with Crippen LogP contribution < -0.4 is 0 Å². The minimum Gasteiger partial charge on any atom is -0.461 e. The van der Waals surface area contributed by atoms with Gasteiger partial charge in [-0.1, -0.05) is 31.7 Å². The molecule has 2 saturated carbocycles. The van der Waals surface area contributed by atoms with Crippen molar-refractivity contribution in [1.29, 1.82) is 0 Å². The number of carbonyl (C=O) groups excluding carboxylic acids is 7. The topological polar surface area (TPSA) is 214 Å². The first-order chi connectivity index (χ1) is 25.6. The molecule has 3 fully saturated rings.